The van der Waals surface area contributed by atoms with Crippen molar-refractivity contribution in [2.75, 3.05) is 19.6 Å². The van der Waals surface area contributed by atoms with Gasteiger partial charge in [0.15, 0.2) is 0 Å². The lowest BCUT2D eigenvalue weighted by Crippen LogP contribution is -2.56. The normalized spacial score (nSPS) is 14.3. The summed E-state index contributed by atoms with van der Waals surface area (Å²) >= 11 is 0. The van der Waals surface area contributed by atoms with Crippen LogP contribution in [0.15, 0.2) is 0 Å². The van der Waals surface area contributed by atoms with Gasteiger partial charge in [-0.05, 0) is 78.3 Å². The molecule has 0 heterocycles. The lowest BCUT2D eigenvalue weighted by Gasteiger charge is -2.23. The van der Waals surface area contributed by atoms with Crippen LogP contribution in [-0.4, -0.2) is 119 Å². The van der Waals surface area contributed by atoms with Gasteiger partial charge in [-0.1, -0.05) is 0 Å². The topological polar surface area (TPSA) is 370 Å². The molecule has 16 N–H and O–H groups in total. The summed E-state index contributed by atoms with van der Waals surface area (Å²) in [6.45, 7) is 2.64. The fourth-order valence-corrected chi connectivity index (χ4v) is 4.37. The average molecular weight is 731 g/mol. The van der Waals surface area contributed by atoms with Crippen molar-refractivity contribution in [2.45, 2.75) is 114 Å². The lowest BCUT2D eigenvalue weighted by molar-refractivity contribution is -0.143. The van der Waals surface area contributed by atoms with Crippen molar-refractivity contribution >= 4 is 53.3 Å². The molecule has 0 saturated carbocycles. The fraction of sp³-hybridized carbons (Fsp3) is 0.700. The number of primary amides is 1. The summed E-state index contributed by atoms with van der Waals surface area (Å²) in [6.07, 6.45) is 1.03. The minimum Gasteiger partial charge on any atom is -0.481 e. The first-order valence-corrected chi connectivity index (χ1v) is 16.6. The Kier molecular flexibility index (Phi) is 22.7. The molecule has 21 nitrogen and oxygen atoms in total. The van der Waals surface area contributed by atoms with Crippen LogP contribution in [0.1, 0.15) is 78.1 Å². The Balaban J connectivity index is 5.42. The number of rotatable bonds is 27. The second-order valence-electron chi connectivity index (χ2n) is 11.9. The van der Waals surface area contributed by atoms with Crippen LogP contribution in [0.3, 0.4) is 0 Å². The second-order valence-corrected chi connectivity index (χ2v) is 11.9. The van der Waals surface area contributed by atoms with Gasteiger partial charge < -0.3 is 65.0 Å². The number of hydrogen-bond donors (Lipinski definition) is 12. The monoisotopic (exact) mass is 730 g/mol. The van der Waals surface area contributed by atoms with Crippen molar-refractivity contribution in [3.8, 4) is 0 Å². The first-order chi connectivity index (χ1) is 23.9. The van der Waals surface area contributed by atoms with Crippen LogP contribution in [0.2, 0.25) is 0 Å². The number of nitrogens with one attached hydrogen (secondary N) is 6. The summed E-state index contributed by atoms with van der Waals surface area (Å²) in [5.41, 5.74) is 21.9. The molecule has 0 aliphatic rings. The molecule has 21 heteroatoms. The highest BCUT2D eigenvalue weighted by atomic mass is 16.4. The molecule has 0 aromatic carbocycles. The maximum atomic E-state index is 13.1. The van der Waals surface area contributed by atoms with Gasteiger partial charge in [-0.15, -0.1) is 0 Å². The highest BCUT2D eigenvalue weighted by molar-refractivity contribution is 5.96. The molecule has 0 aliphatic heterocycles. The van der Waals surface area contributed by atoms with Crippen molar-refractivity contribution in [3.05, 3.63) is 0 Å². The zero-order valence-corrected chi connectivity index (χ0v) is 29.0. The number of nitrogens with two attached hydrogens (primary N) is 4. The Morgan fingerprint density at radius 3 is 1.53 bits per heavy atom. The fourth-order valence-electron chi connectivity index (χ4n) is 4.37. The van der Waals surface area contributed by atoms with Gasteiger partial charge in [0.1, 0.15) is 30.2 Å². The Morgan fingerprint density at radius 1 is 0.569 bits per heavy atom. The van der Waals surface area contributed by atoms with E-state index in [1.165, 1.54) is 13.8 Å². The summed E-state index contributed by atoms with van der Waals surface area (Å²) in [4.78, 5) is 110. The molecular weight excluding hydrogens is 676 g/mol. The molecule has 0 bridgehead atoms. The molecule has 0 aromatic rings. The molecule has 0 fully saturated rings. The van der Waals surface area contributed by atoms with E-state index in [9.17, 15) is 48.3 Å². The van der Waals surface area contributed by atoms with Gasteiger partial charge in [0.2, 0.25) is 41.4 Å². The quantitative estimate of drug-likeness (QED) is 0.0354. The van der Waals surface area contributed by atoms with Gasteiger partial charge in [-0.2, -0.15) is 0 Å². The van der Waals surface area contributed by atoms with Gasteiger partial charge >= 0.3 is 11.9 Å². The summed E-state index contributed by atoms with van der Waals surface area (Å²) in [6, 6.07) is -7.32. The van der Waals surface area contributed by atoms with Gasteiger partial charge in [0, 0.05) is 12.8 Å². The van der Waals surface area contributed by atoms with E-state index in [4.69, 9.17) is 28.0 Å². The maximum Gasteiger partial charge on any atom is 0.326 e. The largest absolute Gasteiger partial charge is 0.481 e. The van der Waals surface area contributed by atoms with Crippen LogP contribution in [0.4, 0.5) is 0 Å². The molecule has 0 spiro atoms. The molecule has 0 saturated heterocycles. The van der Waals surface area contributed by atoms with E-state index in [0.717, 1.165) is 0 Å². The van der Waals surface area contributed by atoms with Crippen molar-refractivity contribution in [1.82, 2.24) is 31.9 Å². The summed E-state index contributed by atoms with van der Waals surface area (Å²) in [7, 11) is 0. The van der Waals surface area contributed by atoms with Gasteiger partial charge in [-0.25, -0.2) is 4.79 Å². The first kappa shape index (κ1) is 46.1. The molecule has 0 radical (unpaired) electrons. The SMILES string of the molecule is C[C@H](NC(=O)[C@H](CCCCN)NC(=O)CNC(=O)[C@H](CCCCN)NC(=O)[C@H](C)NC(=O)[C@@H](N)CCC(N)=O)C(=O)N[C@@H](CCC(=O)O)C(=O)O. The summed E-state index contributed by atoms with van der Waals surface area (Å²) < 4.78 is 0. The third-order valence-corrected chi connectivity index (χ3v) is 7.41. The van der Waals surface area contributed by atoms with E-state index in [2.05, 4.69) is 31.9 Å². The molecule has 7 amide bonds. The Hall–Kier alpha value is -4.89. The molecule has 0 aromatic heterocycles. The molecule has 0 unspecified atom stereocenters. The molecule has 0 aliphatic carbocycles. The van der Waals surface area contributed by atoms with Crippen LogP contribution in [0.5, 0.6) is 0 Å². The third kappa shape index (κ3) is 20.4. The molecular formula is C30H54N10O11. The number of aliphatic carboxylic acids is 2. The lowest BCUT2D eigenvalue weighted by atomic mass is 10.1. The van der Waals surface area contributed by atoms with Gasteiger partial charge in [0.25, 0.3) is 0 Å². The van der Waals surface area contributed by atoms with Crippen molar-refractivity contribution in [1.29, 1.82) is 0 Å². The maximum absolute atomic E-state index is 13.1. The average Bonchev–Trinajstić information content (AvgIpc) is 3.06. The number of carbonyl (C=O) groups excluding carboxylic acids is 7. The van der Waals surface area contributed by atoms with Crippen LogP contribution >= 0.6 is 0 Å². The molecule has 6 atom stereocenters. The van der Waals surface area contributed by atoms with E-state index in [0.29, 0.717) is 38.8 Å². The van der Waals surface area contributed by atoms with E-state index in [1.807, 2.05) is 0 Å². The van der Waals surface area contributed by atoms with Gasteiger partial charge in [-0.3, -0.25) is 38.4 Å². The zero-order valence-electron chi connectivity index (χ0n) is 29.0. The standard InChI is InChI=1S/C30H54N10O11/c1-16(36-27(47)18(33)9-11-22(34)41)25(45)39-19(7-3-5-13-31)28(48)35-15-23(42)38-20(8-4-6-14-32)29(49)37-17(2)26(46)40-21(30(50)51)10-12-24(43)44/h16-21H,3-15,31-33H2,1-2H3,(H2,34,41)(H,35,48)(H,36,47)(H,37,49)(H,38,42)(H,39,45)(H,40,46)(H,43,44)(H,50,51)/t16-,17-,18-,19-,20-,21-/m0/s1. The van der Waals surface area contributed by atoms with E-state index in [1.54, 1.807) is 0 Å². The van der Waals surface area contributed by atoms with E-state index >= 15 is 0 Å². The number of hydrogen-bond acceptors (Lipinski definition) is 12. The summed E-state index contributed by atoms with van der Waals surface area (Å²) in [5.74, 6) is -8.01. The Morgan fingerprint density at radius 2 is 1.06 bits per heavy atom. The zero-order chi connectivity index (χ0) is 39.1. The van der Waals surface area contributed by atoms with Crippen molar-refractivity contribution in [2.24, 2.45) is 22.9 Å². The van der Waals surface area contributed by atoms with Crippen LogP contribution in [-0.2, 0) is 43.2 Å². The van der Waals surface area contributed by atoms with Crippen LogP contribution in [0.25, 0.3) is 0 Å². The summed E-state index contributed by atoms with van der Waals surface area (Å²) in [5, 5.41) is 32.5. The highest BCUT2D eigenvalue weighted by Gasteiger charge is 2.29. The number of carboxylic acids is 2. The predicted molar refractivity (Wildman–Crippen MR) is 181 cm³/mol. The Labute approximate surface area is 295 Å². The van der Waals surface area contributed by atoms with Crippen molar-refractivity contribution < 1.29 is 53.4 Å². The number of unbranched alkanes of at least 4 members (excludes halogenated alkanes) is 2. The second kappa shape index (κ2) is 25.1. The van der Waals surface area contributed by atoms with Crippen LogP contribution in [0, 0.1) is 0 Å². The third-order valence-electron chi connectivity index (χ3n) is 7.41. The first-order valence-electron chi connectivity index (χ1n) is 16.6. The minimum atomic E-state index is -1.51. The molecule has 51 heavy (non-hydrogen) atoms. The van der Waals surface area contributed by atoms with Crippen LogP contribution < -0.4 is 54.8 Å². The predicted octanol–water partition coefficient (Wildman–Crippen LogP) is -4.63. The molecule has 0 rings (SSSR count). The smallest absolute Gasteiger partial charge is 0.326 e. The van der Waals surface area contributed by atoms with E-state index < -0.39 is 103 Å². The Bertz CT molecular complexity index is 1220. The number of amides is 7. The number of carboxylic acid groups (broad SMARTS) is 2. The van der Waals surface area contributed by atoms with Crippen molar-refractivity contribution in [3.63, 3.8) is 0 Å². The minimum absolute atomic E-state index is 0.0328. The highest BCUT2D eigenvalue weighted by Crippen LogP contribution is 2.05. The van der Waals surface area contributed by atoms with E-state index in [-0.39, 0.29) is 32.1 Å². The van der Waals surface area contributed by atoms with Gasteiger partial charge in [0.05, 0.1) is 12.6 Å². The number of carbonyl (C=O) groups is 9. The molecule has 290 valence electrons.